The maximum absolute atomic E-state index is 14.1. The number of ether oxygens (including phenoxy) is 1. The second kappa shape index (κ2) is 8.54. The highest BCUT2D eigenvalue weighted by Gasteiger charge is 2.52. The number of carboxylic acid groups (broad SMARTS) is 1. The molecule has 2 aliphatic carbocycles. The van der Waals surface area contributed by atoms with Gasteiger partial charge in [-0.1, -0.05) is 24.3 Å². The van der Waals surface area contributed by atoms with E-state index in [1.54, 1.807) is 29.2 Å². The van der Waals surface area contributed by atoms with Gasteiger partial charge in [-0.2, -0.15) is 0 Å². The van der Waals surface area contributed by atoms with Crippen LogP contribution < -0.4 is 0 Å². The van der Waals surface area contributed by atoms with Gasteiger partial charge in [0.15, 0.2) is 0 Å². The zero-order valence-electron chi connectivity index (χ0n) is 18.4. The van der Waals surface area contributed by atoms with Crippen LogP contribution in [0.25, 0.3) is 10.4 Å². The molecule has 33 heavy (non-hydrogen) atoms. The van der Waals surface area contributed by atoms with Crippen molar-refractivity contribution < 1.29 is 23.8 Å². The molecule has 172 valence electrons. The fourth-order valence-corrected chi connectivity index (χ4v) is 6.68. The Balaban J connectivity index is 1.42. The monoisotopic (exact) mass is 467 g/mol. The second-order valence-corrected chi connectivity index (χ2v) is 10.4. The van der Waals surface area contributed by atoms with Crippen molar-refractivity contribution in [3.05, 3.63) is 70.4 Å². The van der Waals surface area contributed by atoms with Crippen LogP contribution in [-0.2, 0) is 16.0 Å². The quantitative estimate of drug-likeness (QED) is 0.684. The first-order valence-electron chi connectivity index (χ1n) is 11.2. The molecule has 5 nitrogen and oxygen atoms in total. The Hall–Kier alpha value is -2.77. The zero-order valence-corrected chi connectivity index (χ0v) is 19.2. The maximum atomic E-state index is 14.1. The Labute approximate surface area is 196 Å². The number of carbonyl (C=O) groups is 2. The van der Waals surface area contributed by atoms with Gasteiger partial charge in [-0.15, -0.1) is 11.3 Å². The molecule has 1 aliphatic heterocycles. The van der Waals surface area contributed by atoms with E-state index in [-0.39, 0.29) is 30.0 Å². The lowest BCUT2D eigenvalue weighted by Gasteiger charge is -2.33. The van der Waals surface area contributed by atoms with Gasteiger partial charge in [0.05, 0.1) is 18.6 Å². The molecule has 1 fully saturated rings. The van der Waals surface area contributed by atoms with E-state index in [1.165, 1.54) is 6.08 Å². The number of hydrogen-bond acceptors (Lipinski definition) is 4. The summed E-state index contributed by atoms with van der Waals surface area (Å²) in [5.41, 5.74) is 1.70. The number of rotatable bonds is 4. The van der Waals surface area contributed by atoms with Crippen LogP contribution in [0.1, 0.15) is 40.1 Å². The predicted octanol–water partition coefficient (Wildman–Crippen LogP) is 5.05. The minimum atomic E-state index is -0.958. The Morgan fingerprint density at radius 3 is 2.61 bits per heavy atom. The Bertz CT molecular complexity index is 1150. The van der Waals surface area contributed by atoms with Gasteiger partial charge in [-0.3, -0.25) is 9.59 Å². The topological polar surface area (TPSA) is 66.8 Å². The number of hydrogen-bond donors (Lipinski definition) is 1. The first-order valence-corrected chi connectivity index (χ1v) is 12.0. The van der Waals surface area contributed by atoms with Crippen LogP contribution in [0.5, 0.6) is 0 Å². The average Bonchev–Trinajstić information content (AvgIpc) is 3.34. The third-order valence-corrected chi connectivity index (χ3v) is 8.29. The minimum Gasteiger partial charge on any atom is -0.481 e. The van der Waals surface area contributed by atoms with Crippen molar-refractivity contribution in [3.8, 4) is 10.4 Å². The number of fused-ring (bicyclic) bond motifs is 1. The van der Waals surface area contributed by atoms with Gasteiger partial charge in [0.2, 0.25) is 0 Å². The van der Waals surface area contributed by atoms with E-state index in [4.69, 9.17) is 4.74 Å². The number of allylic oxidation sites excluding steroid dienone is 4. The van der Waals surface area contributed by atoms with Gasteiger partial charge < -0.3 is 14.7 Å². The molecule has 0 radical (unpaired) electrons. The van der Waals surface area contributed by atoms with E-state index in [9.17, 15) is 19.1 Å². The van der Waals surface area contributed by atoms with Crippen LogP contribution in [0.2, 0.25) is 0 Å². The lowest BCUT2D eigenvalue weighted by atomic mass is 9.69. The van der Waals surface area contributed by atoms with Gasteiger partial charge in [-0.25, -0.2) is 4.39 Å². The Kier molecular flexibility index (Phi) is 5.70. The van der Waals surface area contributed by atoms with E-state index >= 15 is 0 Å². The average molecular weight is 468 g/mol. The van der Waals surface area contributed by atoms with Gasteiger partial charge in [0.25, 0.3) is 5.91 Å². The summed E-state index contributed by atoms with van der Waals surface area (Å²) in [6.45, 7) is 4.12. The number of benzene rings is 1. The Morgan fingerprint density at radius 1 is 1.21 bits per heavy atom. The number of morpholine rings is 1. The molecule has 0 saturated carbocycles. The highest BCUT2D eigenvalue weighted by Crippen LogP contribution is 2.56. The smallest absolute Gasteiger partial charge is 0.310 e. The summed E-state index contributed by atoms with van der Waals surface area (Å²) in [7, 11) is 0. The molecule has 7 heteroatoms. The molecule has 2 aromatic rings. The van der Waals surface area contributed by atoms with E-state index in [0.717, 1.165) is 20.9 Å². The number of nitrogens with zero attached hydrogens (tertiary/aromatic N) is 1. The largest absolute Gasteiger partial charge is 0.481 e. The summed E-state index contributed by atoms with van der Waals surface area (Å²) in [5.74, 6) is -1.51. The SMILES string of the molecule is C[C@]1(C(=O)O)Cc2sc(-c3ccc(C(=O)N4CCOCC4)cc3)cc2[C@H]1C1C=CC=C(F)C1. The molecule has 1 amide bonds. The molecule has 1 aromatic carbocycles. The molecule has 1 unspecified atom stereocenters. The predicted molar refractivity (Wildman–Crippen MR) is 125 cm³/mol. The van der Waals surface area contributed by atoms with E-state index in [0.29, 0.717) is 38.3 Å². The van der Waals surface area contributed by atoms with Crippen molar-refractivity contribution in [1.82, 2.24) is 4.90 Å². The summed E-state index contributed by atoms with van der Waals surface area (Å²) in [6, 6.07) is 9.66. The molecule has 1 aromatic heterocycles. The molecule has 3 atom stereocenters. The van der Waals surface area contributed by atoms with Crippen LogP contribution in [-0.4, -0.2) is 48.2 Å². The molecular weight excluding hydrogens is 441 g/mol. The summed E-state index contributed by atoms with van der Waals surface area (Å²) in [5, 5.41) is 10.0. The summed E-state index contributed by atoms with van der Waals surface area (Å²) in [4.78, 5) is 28.9. The van der Waals surface area contributed by atoms with Gasteiger partial charge in [-0.05, 0) is 54.7 Å². The lowest BCUT2D eigenvalue weighted by molar-refractivity contribution is -0.149. The summed E-state index contributed by atoms with van der Waals surface area (Å²) in [6.07, 6.45) is 5.75. The maximum Gasteiger partial charge on any atom is 0.310 e. The molecule has 1 N–H and O–H groups in total. The van der Waals surface area contributed by atoms with Crippen molar-refractivity contribution in [2.45, 2.75) is 25.7 Å². The minimum absolute atomic E-state index is 0.00924. The molecule has 1 saturated heterocycles. The molecule has 5 rings (SSSR count). The Morgan fingerprint density at radius 2 is 1.94 bits per heavy atom. The molecule has 2 heterocycles. The highest BCUT2D eigenvalue weighted by atomic mass is 32.1. The van der Waals surface area contributed by atoms with Crippen molar-refractivity contribution in [2.75, 3.05) is 26.3 Å². The van der Waals surface area contributed by atoms with Crippen molar-refractivity contribution >= 4 is 23.2 Å². The lowest BCUT2D eigenvalue weighted by Crippen LogP contribution is -2.40. The van der Waals surface area contributed by atoms with E-state index in [1.807, 2.05) is 30.3 Å². The fraction of sp³-hybridized carbons (Fsp3) is 0.385. The standard InChI is InChI=1S/C26H26FNO4S/c1-26(25(30)31)15-22-20(23(26)18-3-2-4-19(27)13-18)14-21(33-22)16-5-7-17(8-6-16)24(29)28-9-11-32-12-10-28/h2-8,14,18,23H,9-13,15H2,1H3,(H,30,31)/t18?,23-,26+/m1/s1. The third kappa shape index (κ3) is 3.93. The first kappa shape index (κ1) is 22.0. The second-order valence-electron chi connectivity index (χ2n) is 9.21. The van der Waals surface area contributed by atoms with Gasteiger partial charge in [0.1, 0.15) is 5.83 Å². The molecular formula is C26H26FNO4S. The molecule has 0 spiro atoms. The van der Waals surface area contributed by atoms with Crippen LogP contribution >= 0.6 is 11.3 Å². The zero-order chi connectivity index (χ0) is 23.2. The van der Waals surface area contributed by atoms with E-state index < -0.39 is 11.4 Å². The number of aliphatic carboxylic acids is 1. The summed E-state index contributed by atoms with van der Waals surface area (Å²) < 4.78 is 19.4. The van der Waals surface area contributed by atoms with Crippen LogP contribution in [0.15, 0.2) is 54.4 Å². The molecule has 0 bridgehead atoms. The van der Waals surface area contributed by atoms with Crippen LogP contribution in [0, 0.1) is 11.3 Å². The number of carbonyl (C=O) groups excluding carboxylic acids is 1. The van der Waals surface area contributed by atoms with Crippen molar-refractivity contribution in [1.29, 1.82) is 0 Å². The van der Waals surface area contributed by atoms with Crippen molar-refractivity contribution in [3.63, 3.8) is 0 Å². The molecule has 3 aliphatic rings. The van der Waals surface area contributed by atoms with Crippen LogP contribution in [0.3, 0.4) is 0 Å². The van der Waals surface area contributed by atoms with E-state index in [2.05, 4.69) is 6.07 Å². The number of thiophene rings is 1. The first-order chi connectivity index (χ1) is 15.9. The normalized spacial score (nSPS) is 26.7. The highest BCUT2D eigenvalue weighted by molar-refractivity contribution is 7.15. The van der Waals surface area contributed by atoms with Crippen molar-refractivity contribution in [2.24, 2.45) is 11.3 Å². The fourth-order valence-electron chi connectivity index (χ4n) is 5.30. The van der Waals surface area contributed by atoms with Gasteiger partial charge in [0, 0.05) is 40.7 Å². The van der Waals surface area contributed by atoms with Gasteiger partial charge >= 0.3 is 5.97 Å². The van der Waals surface area contributed by atoms with Crippen LogP contribution in [0.4, 0.5) is 4.39 Å². The third-order valence-electron chi connectivity index (χ3n) is 7.09. The number of halogens is 1. The number of carboxylic acids is 1. The number of amides is 1. The summed E-state index contributed by atoms with van der Waals surface area (Å²) >= 11 is 1.60.